The molecule has 7 nitrogen and oxygen atoms in total. The third-order valence-electron chi connectivity index (χ3n) is 5.24. The Kier molecular flexibility index (Phi) is 3.26. The number of hydrogen-bond acceptors (Lipinski definition) is 4. The fraction of sp³-hybridized carbons (Fsp3) is 0.389. The highest BCUT2D eigenvalue weighted by atomic mass is 16.2. The Balaban J connectivity index is 1.47. The highest BCUT2D eigenvalue weighted by Gasteiger charge is 2.25. The van der Waals surface area contributed by atoms with Crippen molar-refractivity contribution in [3.8, 4) is 0 Å². The maximum atomic E-state index is 13.1. The van der Waals surface area contributed by atoms with E-state index in [1.54, 1.807) is 16.9 Å². The Morgan fingerprint density at radius 2 is 1.96 bits per heavy atom. The van der Waals surface area contributed by atoms with Gasteiger partial charge in [0.25, 0.3) is 5.91 Å². The van der Waals surface area contributed by atoms with Crippen LogP contribution in [0.2, 0.25) is 0 Å². The van der Waals surface area contributed by atoms with Gasteiger partial charge >= 0.3 is 0 Å². The molecule has 0 aliphatic carbocycles. The molecule has 0 N–H and O–H groups in total. The largest absolute Gasteiger partial charge is 0.371 e. The number of aromatic nitrogens is 4. The highest BCUT2D eigenvalue weighted by Crippen LogP contribution is 2.24. The van der Waals surface area contributed by atoms with Gasteiger partial charge in [-0.05, 0) is 25.0 Å². The van der Waals surface area contributed by atoms with Crippen molar-refractivity contribution in [2.75, 3.05) is 24.5 Å². The summed E-state index contributed by atoms with van der Waals surface area (Å²) < 4.78 is 3.89. The topological polar surface area (TPSA) is 58.7 Å². The van der Waals surface area contributed by atoms with Crippen LogP contribution in [-0.2, 0) is 13.1 Å². The van der Waals surface area contributed by atoms with E-state index in [0.717, 1.165) is 31.0 Å². The lowest BCUT2D eigenvalue weighted by molar-refractivity contribution is 0.0709. The molecular weight excluding hydrogens is 316 g/mol. The van der Waals surface area contributed by atoms with Gasteiger partial charge in [0.1, 0.15) is 5.82 Å². The summed E-state index contributed by atoms with van der Waals surface area (Å²) in [5.74, 6) is 0.969. The summed E-state index contributed by atoms with van der Waals surface area (Å²) in [5, 5.41) is 4.37. The van der Waals surface area contributed by atoms with Crippen molar-refractivity contribution in [2.45, 2.75) is 25.9 Å². The van der Waals surface area contributed by atoms with E-state index in [-0.39, 0.29) is 5.91 Å². The average Bonchev–Trinajstić information content (AvgIpc) is 3.39. The molecule has 0 aromatic carbocycles. The second-order valence-electron chi connectivity index (χ2n) is 6.73. The first-order valence-corrected chi connectivity index (χ1v) is 8.81. The molecule has 0 bridgehead atoms. The summed E-state index contributed by atoms with van der Waals surface area (Å²) in [5.41, 5.74) is 2.72. The molecule has 0 radical (unpaired) electrons. The molecule has 128 valence electrons. The molecule has 0 unspecified atom stereocenters. The van der Waals surface area contributed by atoms with Crippen LogP contribution in [0, 0.1) is 0 Å². The molecule has 2 aliphatic rings. The number of pyridine rings is 1. The van der Waals surface area contributed by atoms with Crippen LogP contribution in [0.4, 0.5) is 5.69 Å². The normalized spacial score (nSPS) is 17.3. The van der Waals surface area contributed by atoms with Gasteiger partial charge in [0, 0.05) is 50.5 Å². The highest BCUT2D eigenvalue weighted by molar-refractivity contribution is 6.01. The van der Waals surface area contributed by atoms with Crippen LogP contribution < -0.4 is 4.90 Å². The molecule has 5 rings (SSSR count). The predicted molar refractivity (Wildman–Crippen MR) is 93.6 cm³/mol. The van der Waals surface area contributed by atoms with Crippen LogP contribution in [0.25, 0.3) is 5.52 Å². The number of anilines is 1. The number of amides is 1. The van der Waals surface area contributed by atoms with Crippen LogP contribution in [0.15, 0.2) is 36.9 Å². The van der Waals surface area contributed by atoms with E-state index in [0.29, 0.717) is 18.7 Å². The van der Waals surface area contributed by atoms with Crippen molar-refractivity contribution in [3.05, 3.63) is 48.3 Å². The molecule has 0 spiro atoms. The molecule has 5 heterocycles. The molecule has 25 heavy (non-hydrogen) atoms. The molecule has 2 aliphatic heterocycles. The molecule has 0 saturated carbocycles. The van der Waals surface area contributed by atoms with E-state index >= 15 is 0 Å². The molecule has 1 saturated heterocycles. The molecule has 3 aromatic heterocycles. The fourth-order valence-electron chi connectivity index (χ4n) is 3.82. The second kappa shape index (κ2) is 5.61. The van der Waals surface area contributed by atoms with E-state index in [4.69, 9.17) is 0 Å². The molecule has 1 amide bonds. The first-order chi connectivity index (χ1) is 12.3. The lowest BCUT2D eigenvalue weighted by Gasteiger charge is -2.27. The average molecular weight is 336 g/mol. The maximum Gasteiger partial charge on any atom is 0.258 e. The molecule has 0 atom stereocenters. The van der Waals surface area contributed by atoms with Gasteiger partial charge in [0.05, 0.1) is 23.8 Å². The Labute approximate surface area is 145 Å². The minimum Gasteiger partial charge on any atom is -0.371 e. The van der Waals surface area contributed by atoms with Crippen LogP contribution in [0.1, 0.15) is 29.0 Å². The smallest absolute Gasteiger partial charge is 0.258 e. The zero-order chi connectivity index (χ0) is 16.8. The summed E-state index contributed by atoms with van der Waals surface area (Å²) in [6, 6.07) is 4.17. The van der Waals surface area contributed by atoms with Gasteiger partial charge in [0.15, 0.2) is 0 Å². The number of nitrogens with zero attached hydrogens (tertiary/aromatic N) is 6. The number of imidazole rings is 1. The SMILES string of the molecule is O=C(c1cnn2ccc(N3CCCC3)cc12)N1CCn2ccnc2C1. The number of fused-ring (bicyclic) bond motifs is 2. The van der Waals surface area contributed by atoms with Crippen LogP contribution in [0.3, 0.4) is 0 Å². The minimum absolute atomic E-state index is 0.0304. The summed E-state index contributed by atoms with van der Waals surface area (Å²) in [4.78, 5) is 21.6. The predicted octanol–water partition coefficient (Wildman–Crippen LogP) is 1.79. The van der Waals surface area contributed by atoms with Crippen LogP contribution in [0.5, 0.6) is 0 Å². The van der Waals surface area contributed by atoms with Gasteiger partial charge in [-0.2, -0.15) is 5.10 Å². The molecule has 1 fully saturated rings. The Hall–Kier alpha value is -2.83. The first-order valence-electron chi connectivity index (χ1n) is 8.81. The van der Waals surface area contributed by atoms with Gasteiger partial charge in [-0.3, -0.25) is 4.79 Å². The fourth-order valence-corrected chi connectivity index (χ4v) is 3.82. The first kappa shape index (κ1) is 14.5. The van der Waals surface area contributed by atoms with E-state index in [2.05, 4.69) is 31.7 Å². The standard InChI is InChI=1S/C18H20N6O/c25-18(23-10-9-22-8-4-19-17(22)13-23)15-12-20-24-7-3-14(11-16(15)24)21-5-1-2-6-21/h3-4,7-8,11-12H,1-2,5-6,9-10,13H2. The number of carbonyl (C=O) groups excluding carboxylic acids is 1. The third-order valence-corrected chi connectivity index (χ3v) is 5.24. The quantitative estimate of drug-likeness (QED) is 0.716. The third kappa shape index (κ3) is 2.38. The van der Waals surface area contributed by atoms with Crippen molar-refractivity contribution < 1.29 is 4.79 Å². The van der Waals surface area contributed by atoms with Crippen LogP contribution in [-0.4, -0.2) is 49.6 Å². The molecule has 3 aromatic rings. The van der Waals surface area contributed by atoms with Gasteiger partial charge < -0.3 is 14.4 Å². The summed E-state index contributed by atoms with van der Waals surface area (Å²) in [6.45, 7) is 4.21. The van der Waals surface area contributed by atoms with Gasteiger partial charge in [-0.15, -0.1) is 0 Å². The number of carbonyl (C=O) groups is 1. The number of hydrogen-bond donors (Lipinski definition) is 0. The van der Waals surface area contributed by atoms with Crippen LogP contribution >= 0.6 is 0 Å². The lowest BCUT2D eigenvalue weighted by Crippen LogP contribution is -2.38. The van der Waals surface area contributed by atoms with Crippen molar-refractivity contribution >= 4 is 17.1 Å². The molecule has 7 heteroatoms. The zero-order valence-corrected chi connectivity index (χ0v) is 14.0. The minimum atomic E-state index is 0.0304. The maximum absolute atomic E-state index is 13.1. The van der Waals surface area contributed by atoms with Crippen molar-refractivity contribution in [2.24, 2.45) is 0 Å². The number of rotatable bonds is 2. The Morgan fingerprint density at radius 3 is 2.84 bits per heavy atom. The molecular formula is C18H20N6O. The van der Waals surface area contributed by atoms with E-state index < -0.39 is 0 Å². The van der Waals surface area contributed by atoms with Gasteiger partial charge in [-0.1, -0.05) is 0 Å². The van der Waals surface area contributed by atoms with Gasteiger partial charge in [-0.25, -0.2) is 9.50 Å². The van der Waals surface area contributed by atoms with Crippen molar-refractivity contribution in [3.63, 3.8) is 0 Å². The summed E-state index contributed by atoms with van der Waals surface area (Å²) in [6.07, 6.45) is 9.86. The summed E-state index contributed by atoms with van der Waals surface area (Å²) in [7, 11) is 0. The Bertz CT molecular complexity index is 936. The van der Waals surface area contributed by atoms with E-state index in [1.807, 2.05) is 17.3 Å². The zero-order valence-electron chi connectivity index (χ0n) is 14.0. The summed E-state index contributed by atoms with van der Waals surface area (Å²) >= 11 is 0. The lowest BCUT2D eigenvalue weighted by atomic mass is 10.2. The second-order valence-corrected chi connectivity index (χ2v) is 6.73. The Morgan fingerprint density at radius 1 is 1.08 bits per heavy atom. The van der Waals surface area contributed by atoms with Crippen molar-refractivity contribution in [1.29, 1.82) is 0 Å². The monoisotopic (exact) mass is 336 g/mol. The van der Waals surface area contributed by atoms with Crippen molar-refractivity contribution in [1.82, 2.24) is 24.1 Å². The van der Waals surface area contributed by atoms with E-state index in [9.17, 15) is 4.79 Å². The van der Waals surface area contributed by atoms with E-state index in [1.165, 1.54) is 18.5 Å². The van der Waals surface area contributed by atoms with Gasteiger partial charge in [0.2, 0.25) is 0 Å².